The molecule has 0 radical (unpaired) electrons. The number of thiophene rings is 1. The molecule has 2 aromatic rings. The van der Waals surface area contributed by atoms with Gasteiger partial charge in [-0.3, -0.25) is 14.2 Å². The molecule has 1 aliphatic heterocycles. The molecule has 152 valence electrons. The SMILES string of the molecule is CC1CCc2c(sc3c2c(=O)n(CC(=O)O)c(=O)n3CCN2CCCCC2)C1. The summed E-state index contributed by atoms with van der Waals surface area (Å²) < 4.78 is 2.56. The fourth-order valence-electron chi connectivity index (χ4n) is 4.50. The van der Waals surface area contributed by atoms with Crippen molar-refractivity contribution in [3.05, 3.63) is 31.3 Å². The van der Waals surface area contributed by atoms with Crippen molar-refractivity contribution < 1.29 is 9.90 Å². The van der Waals surface area contributed by atoms with Crippen LogP contribution in [0.2, 0.25) is 0 Å². The minimum absolute atomic E-state index is 0.441. The van der Waals surface area contributed by atoms with Gasteiger partial charge in [-0.1, -0.05) is 13.3 Å². The molecular formula is C20H27N3O4S. The molecule has 0 bridgehead atoms. The van der Waals surface area contributed by atoms with Gasteiger partial charge in [0.05, 0.1) is 5.39 Å². The van der Waals surface area contributed by atoms with Gasteiger partial charge in [-0.2, -0.15) is 0 Å². The van der Waals surface area contributed by atoms with E-state index in [0.717, 1.165) is 53.9 Å². The molecule has 8 heteroatoms. The van der Waals surface area contributed by atoms with Crippen molar-refractivity contribution in [2.75, 3.05) is 19.6 Å². The number of carboxylic acid groups (broad SMARTS) is 1. The quantitative estimate of drug-likeness (QED) is 0.822. The second kappa shape index (κ2) is 7.83. The number of aromatic nitrogens is 2. The first kappa shape index (κ1) is 19.4. The van der Waals surface area contributed by atoms with Crippen LogP contribution in [0.15, 0.2) is 9.59 Å². The Bertz CT molecular complexity index is 1010. The molecule has 1 atom stereocenters. The number of piperidine rings is 1. The first-order chi connectivity index (χ1) is 13.5. The van der Waals surface area contributed by atoms with Crippen molar-refractivity contribution in [3.63, 3.8) is 0 Å². The first-order valence-corrected chi connectivity index (χ1v) is 11.0. The van der Waals surface area contributed by atoms with Crippen LogP contribution < -0.4 is 11.2 Å². The Balaban J connectivity index is 1.82. The molecule has 1 unspecified atom stereocenters. The molecule has 1 fully saturated rings. The number of aryl methyl sites for hydroxylation is 1. The van der Waals surface area contributed by atoms with Crippen LogP contribution in [0, 0.1) is 5.92 Å². The zero-order chi connectivity index (χ0) is 19.8. The average molecular weight is 406 g/mol. The van der Waals surface area contributed by atoms with E-state index >= 15 is 0 Å². The Labute approximate surface area is 167 Å². The van der Waals surface area contributed by atoms with Crippen LogP contribution in [0.1, 0.15) is 43.0 Å². The summed E-state index contributed by atoms with van der Waals surface area (Å²) in [5.41, 5.74) is 0.0983. The lowest BCUT2D eigenvalue weighted by Crippen LogP contribution is -2.43. The van der Waals surface area contributed by atoms with Crippen molar-refractivity contribution >= 4 is 27.5 Å². The standard InChI is InChI=1S/C20H27N3O4S/c1-13-5-6-14-15(11-13)28-19-17(14)18(26)23(12-16(24)25)20(27)22(19)10-9-21-7-3-2-4-8-21/h13H,2-12H2,1H3,(H,24,25). The van der Waals surface area contributed by atoms with E-state index in [2.05, 4.69) is 11.8 Å². The van der Waals surface area contributed by atoms with E-state index in [-0.39, 0.29) is 0 Å². The number of rotatable bonds is 5. The van der Waals surface area contributed by atoms with Gasteiger partial charge in [-0.05, 0) is 56.7 Å². The summed E-state index contributed by atoms with van der Waals surface area (Å²) >= 11 is 1.56. The number of likely N-dealkylation sites (tertiary alicyclic amines) is 1. The van der Waals surface area contributed by atoms with Crippen LogP contribution in [0.5, 0.6) is 0 Å². The third-order valence-electron chi connectivity index (χ3n) is 6.04. The Hall–Kier alpha value is -1.93. The summed E-state index contributed by atoms with van der Waals surface area (Å²) in [4.78, 5) is 41.6. The number of fused-ring (bicyclic) bond motifs is 3. The maximum absolute atomic E-state index is 13.0. The van der Waals surface area contributed by atoms with Crippen LogP contribution in [0.25, 0.3) is 10.2 Å². The molecule has 0 spiro atoms. The van der Waals surface area contributed by atoms with Gasteiger partial charge in [-0.15, -0.1) is 11.3 Å². The normalized spacial score (nSPS) is 20.4. The number of hydrogen-bond donors (Lipinski definition) is 1. The minimum atomic E-state index is -1.17. The molecule has 7 nitrogen and oxygen atoms in total. The Kier molecular flexibility index (Phi) is 5.42. The summed E-state index contributed by atoms with van der Waals surface area (Å²) in [7, 11) is 0. The molecule has 2 aromatic heterocycles. The van der Waals surface area contributed by atoms with E-state index < -0.39 is 23.8 Å². The van der Waals surface area contributed by atoms with Gasteiger partial charge < -0.3 is 10.0 Å². The highest BCUT2D eigenvalue weighted by atomic mass is 32.1. The van der Waals surface area contributed by atoms with Crippen molar-refractivity contribution in [1.29, 1.82) is 0 Å². The highest BCUT2D eigenvalue weighted by Crippen LogP contribution is 2.36. The molecule has 0 amide bonds. The minimum Gasteiger partial charge on any atom is -0.480 e. The molecule has 1 aliphatic carbocycles. The Morgan fingerprint density at radius 3 is 2.61 bits per heavy atom. The van der Waals surface area contributed by atoms with Crippen molar-refractivity contribution in [2.24, 2.45) is 5.92 Å². The van der Waals surface area contributed by atoms with Crippen molar-refractivity contribution in [1.82, 2.24) is 14.0 Å². The molecule has 28 heavy (non-hydrogen) atoms. The predicted octanol–water partition coefficient (Wildman–Crippen LogP) is 1.92. The van der Waals surface area contributed by atoms with Gasteiger partial charge in [0, 0.05) is 18.0 Å². The molecular weight excluding hydrogens is 378 g/mol. The third kappa shape index (κ3) is 3.55. The van der Waals surface area contributed by atoms with Crippen LogP contribution >= 0.6 is 11.3 Å². The van der Waals surface area contributed by atoms with Gasteiger partial charge in [0.1, 0.15) is 11.4 Å². The van der Waals surface area contributed by atoms with E-state index in [1.165, 1.54) is 24.1 Å². The molecule has 1 saturated heterocycles. The summed E-state index contributed by atoms with van der Waals surface area (Å²) in [6, 6.07) is 0. The lowest BCUT2D eigenvalue weighted by Gasteiger charge is -2.26. The van der Waals surface area contributed by atoms with Gasteiger partial charge in [-0.25, -0.2) is 9.36 Å². The monoisotopic (exact) mass is 405 g/mol. The van der Waals surface area contributed by atoms with E-state index in [1.54, 1.807) is 15.9 Å². The van der Waals surface area contributed by atoms with Gasteiger partial charge in [0.2, 0.25) is 0 Å². The summed E-state index contributed by atoms with van der Waals surface area (Å²) in [5.74, 6) is -0.603. The maximum atomic E-state index is 13.0. The zero-order valence-electron chi connectivity index (χ0n) is 16.3. The fraction of sp³-hybridized carbons (Fsp3) is 0.650. The predicted molar refractivity (Wildman–Crippen MR) is 109 cm³/mol. The first-order valence-electron chi connectivity index (χ1n) is 10.2. The third-order valence-corrected chi connectivity index (χ3v) is 7.32. The molecule has 4 rings (SSSR count). The zero-order valence-corrected chi connectivity index (χ0v) is 17.1. The molecule has 2 aliphatic rings. The number of hydrogen-bond acceptors (Lipinski definition) is 5. The highest BCUT2D eigenvalue weighted by Gasteiger charge is 2.26. The lowest BCUT2D eigenvalue weighted by molar-refractivity contribution is -0.137. The van der Waals surface area contributed by atoms with Crippen LogP contribution in [0.3, 0.4) is 0 Å². The van der Waals surface area contributed by atoms with Crippen LogP contribution in [0.4, 0.5) is 0 Å². The van der Waals surface area contributed by atoms with Crippen LogP contribution in [-0.2, 0) is 30.7 Å². The highest BCUT2D eigenvalue weighted by molar-refractivity contribution is 7.18. The van der Waals surface area contributed by atoms with Crippen molar-refractivity contribution in [2.45, 2.75) is 58.5 Å². The summed E-state index contributed by atoms with van der Waals surface area (Å²) in [6.45, 7) is 4.93. The van der Waals surface area contributed by atoms with Gasteiger partial charge in [0.15, 0.2) is 0 Å². The molecule has 1 N–H and O–H groups in total. The van der Waals surface area contributed by atoms with Crippen molar-refractivity contribution in [3.8, 4) is 0 Å². The topological polar surface area (TPSA) is 84.5 Å². The van der Waals surface area contributed by atoms with Gasteiger partial charge in [0.25, 0.3) is 5.56 Å². The number of carbonyl (C=O) groups is 1. The van der Waals surface area contributed by atoms with E-state index in [9.17, 15) is 19.5 Å². The van der Waals surface area contributed by atoms with Gasteiger partial charge >= 0.3 is 11.7 Å². The largest absolute Gasteiger partial charge is 0.480 e. The van der Waals surface area contributed by atoms with Crippen LogP contribution in [-0.4, -0.2) is 44.7 Å². The smallest absolute Gasteiger partial charge is 0.332 e. The number of carboxylic acids is 1. The number of nitrogens with zero attached hydrogens (tertiary/aromatic N) is 3. The van der Waals surface area contributed by atoms with E-state index in [4.69, 9.17) is 0 Å². The van der Waals surface area contributed by atoms with E-state index in [1.807, 2.05) is 0 Å². The maximum Gasteiger partial charge on any atom is 0.332 e. The second-order valence-electron chi connectivity index (χ2n) is 8.15. The molecule has 3 heterocycles. The Morgan fingerprint density at radius 1 is 1.14 bits per heavy atom. The summed E-state index contributed by atoms with van der Waals surface area (Å²) in [5, 5.41) is 9.80. The fourth-order valence-corrected chi connectivity index (χ4v) is 6.02. The van der Waals surface area contributed by atoms with E-state index in [0.29, 0.717) is 17.8 Å². The lowest BCUT2D eigenvalue weighted by atomic mass is 9.89. The summed E-state index contributed by atoms with van der Waals surface area (Å²) in [6.07, 6.45) is 6.36. The molecule has 0 aromatic carbocycles. The Morgan fingerprint density at radius 2 is 1.89 bits per heavy atom. The average Bonchev–Trinajstić information content (AvgIpc) is 3.04. The molecule has 0 saturated carbocycles. The second-order valence-corrected chi connectivity index (χ2v) is 9.24. The number of aliphatic carboxylic acids is 1.